The molecule has 2 bridgehead atoms. The minimum Gasteiger partial charge on any atom is -0.493 e. The second-order valence-corrected chi connectivity index (χ2v) is 12.2. The number of likely N-dealkylation sites (tertiary alicyclic amines) is 1. The highest BCUT2D eigenvalue weighted by Gasteiger charge is 2.49. The summed E-state index contributed by atoms with van der Waals surface area (Å²) in [6, 6.07) is 12.0. The molecule has 9 heteroatoms. The molecule has 0 radical (unpaired) electrons. The monoisotopic (exact) mass is 507 g/mol. The molecule has 2 aliphatic rings. The van der Waals surface area contributed by atoms with Crippen LogP contribution in [-0.2, 0) is 16.3 Å². The van der Waals surface area contributed by atoms with Crippen molar-refractivity contribution in [3.05, 3.63) is 46.7 Å². The van der Waals surface area contributed by atoms with Gasteiger partial charge in [0, 0.05) is 18.0 Å². The molecule has 1 amide bonds. The number of azo groups is 1. The number of carbonyl (C=O) groups is 1. The van der Waals surface area contributed by atoms with Gasteiger partial charge >= 0.3 is 5.91 Å². The van der Waals surface area contributed by atoms with Crippen molar-refractivity contribution in [3.8, 4) is 5.88 Å². The Morgan fingerprint density at radius 3 is 2.78 bits per heavy atom. The SMILES string of the molecule is C/C(=N/OCC(=O)N=Nc1c(O)n(CN2C[C@@]3(C)C[C@H]2CC(C)(C)C3)c2ccccc12)c1cccs1. The van der Waals surface area contributed by atoms with Crippen LogP contribution in [0.3, 0.4) is 0 Å². The average Bonchev–Trinajstić information content (AvgIpc) is 3.49. The molecule has 2 fully saturated rings. The number of aromatic hydroxyl groups is 1. The van der Waals surface area contributed by atoms with E-state index in [1.807, 2.05) is 53.3 Å². The summed E-state index contributed by atoms with van der Waals surface area (Å²) in [5, 5.41) is 25.8. The Hall–Kier alpha value is -3.04. The highest BCUT2D eigenvalue weighted by Crippen LogP contribution is 2.53. The first-order valence-corrected chi connectivity index (χ1v) is 13.2. The lowest BCUT2D eigenvalue weighted by molar-refractivity contribution is -0.122. The zero-order valence-electron chi connectivity index (χ0n) is 21.3. The Bertz CT molecular complexity index is 1330. The molecular formula is C27H33N5O3S. The Kier molecular flexibility index (Phi) is 6.46. The van der Waals surface area contributed by atoms with E-state index in [0.717, 1.165) is 28.7 Å². The number of amides is 1. The molecule has 1 aliphatic heterocycles. The summed E-state index contributed by atoms with van der Waals surface area (Å²) in [6.07, 6.45) is 3.55. The highest BCUT2D eigenvalue weighted by molar-refractivity contribution is 7.12. The maximum Gasteiger partial charge on any atom is 0.304 e. The Labute approximate surface area is 215 Å². The van der Waals surface area contributed by atoms with Crippen LogP contribution in [0.5, 0.6) is 5.88 Å². The maximum absolute atomic E-state index is 12.3. The quantitative estimate of drug-likeness (QED) is 0.230. The van der Waals surface area contributed by atoms with Crippen LogP contribution in [0.1, 0.15) is 51.8 Å². The minimum atomic E-state index is -0.572. The zero-order valence-corrected chi connectivity index (χ0v) is 22.1. The lowest BCUT2D eigenvalue weighted by Crippen LogP contribution is -2.35. The van der Waals surface area contributed by atoms with E-state index < -0.39 is 5.91 Å². The van der Waals surface area contributed by atoms with Gasteiger partial charge in [-0.25, -0.2) is 0 Å². The number of benzene rings is 1. The number of hydrogen-bond donors (Lipinski definition) is 1. The molecule has 0 spiro atoms. The van der Waals surface area contributed by atoms with E-state index in [-0.39, 0.29) is 12.5 Å². The van der Waals surface area contributed by atoms with Gasteiger partial charge in [0.15, 0.2) is 12.3 Å². The molecule has 1 aliphatic carbocycles. The standard InChI is InChI=1S/C27H33N5O3S/c1-18(22-10-7-11-36-22)30-35-14-23(33)28-29-24-20-8-5-6-9-21(20)32(25(24)34)17-31-16-27(4)13-19(31)12-26(2,3)15-27/h5-11,19,34H,12-17H2,1-4H3/b29-28?,30-18-/t19-,27+/m1/s1. The fourth-order valence-corrected chi connectivity index (χ4v) is 6.95. The fraction of sp³-hybridized carbons (Fsp3) is 0.481. The third-order valence-electron chi connectivity index (χ3n) is 7.29. The summed E-state index contributed by atoms with van der Waals surface area (Å²) >= 11 is 1.55. The average molecular weight is 508 g/mol. The van der Waals surface area contributed by atoms with Gasteiger partial charge in [-0.3, -0.25) is 14.3 Å². The van der Waals surface area contributed by atoms with Crippen LogP contribution in [0.15, 0.2) is 57.2 Å². The number of rotatable bonds is 7. The van der Waals surface area contributed by atoms with E-state index in [1.165, 1.54) is 12.8 Å². The third-order valence-corrected chi connectivity index (χ3v) is 8.27. The van der Waals surface area contributed by atoms with Crippen molar-refractivity contribution >= 4 is 39.5 Å². The number of oxime groups is 1. The molecule has 3 aromatic rings. The van der Waals surface area contributed by atoms with Gasteiger partial charge in [0.05, 0.1) is 22.8 Å². The Balaban J connectivity index is 1.33. The van der Waals surface area contributed by atoms with E-state index in [0.29, 0.717) is 34.9 Å². The van der Waals surface area contributed by atoms with Gasteiger partial charge in [-0.1, -0.05) is 50.2 Å². The van der Waals surface area contributed by atoms with E-state index in [9.17, 15) is 9.90 Å². The second kappa shape index (κ2) is 9.44. The Morgan fingerprint density at radius 2 is 2.00 bits per heavy atom. The summed E-state index contributed by atoms with van der Waals surface area (Å²) in [7, 11) is 0. The van der Waals surface area contributed by atoms with Crippen LogP contribution in [0.25, 0.3) is 10.9 Å². The van der Waals surface area contributed by atoms with Gasteiger partial charge in [0.2, 0.25) is 5.88 Å². The summed E-state index contributed by atoms with van der Waals surface area (Å²) in [5.74, 6) is -0.552. The zero-order chi connectivity index (χ0) is 25.5. The molecule has 2 aromatic heterocycles. The number of nitrogens with zero attached hydrogens (tertiary/aromatic N) is 5. The molecule has 1 saturated carbocycles. The molecule has 1 N–H and O–H groups in total. The maximum atomic E-state index is 12.3. The lowest BCUT2D eigenvalue weighted by Gasteiger charge is -2.40. The number of hydrogen-bond acceptors (Lipinski definition) is 7. The predicted octanol–water partition coefficient (Wildman–Crippen LogP) is 6.32. The van der Waals surface area contributed by atoms with Gasteiger partial charge in [0.25, 0.3) is 0 Å². The number of carbonyl (C=O) groups excluding carboxylic acids is 1. The van der Waals surface area contributed by atoms with Gasteiger partial charge in [-0.2, -0.15) is 0 Å². The molecule has 0 unspecified atom stereocenters. The van der Waals surface area contributed by atoms with Crippen molar-refractivity contribution < 1.29 is 14.7 Å². The molecule has 8 nitrogen and oxygen atoms in total. The van der Waals surface area contributed by atoms with Crippen molar-refractivity contribution in [2.24, 2.45) is 26.2 Å². The number of aromatic nitrogens is 1. The highest BCUT2D eigenvalue weighted by atomic mass is 32.1. The largest absolute Gasteiger partial charge is 0.493 e. The summed E-state index contributed by atoms with van der Waals surface area (Å²) in [4.78, 5) is 20.9. The molecule has 1 aromatic carbocycles. The number of thiophene rings is 1. The van der Waals surface area contributed by atoms with Crippen LogP contribution >= 0.6 is 11.3 Å². The van der Waals surface area contributed by atoms with Crippen LogP contribution < -0.4 is 0 Å². The summed E-state index contributed by atoms with van der Waals surface area (Å²) in [6.45, 7) is 10.2. The fourth-order valence-electron chi connectivity index (χ4n) is 6.29. The van der Waals surface area contributed by atoms with E-state index >= 15 is 0 Å². The molecule has 36 heavy (non-hydrogen) atoms. The number of para-hydroxylation sites is 1. The van der Waals surface area contributed by atoms with Gasteiger partial charge in [-0.05, 0) is 54.5 Å². The first-order valence-electron chi connectivity index (χ1n) is 12.3. The van der Waals surface area contributed by atoms with Crippen LogP contribution in [0.4, 0.5) is 5.69 Å². The minimum absolute atomic E-state index is 0.0195. The molecule has 3 heterocycles. The Morgan fingerprint density at radius 1 is 1.19 bits per heavy atom. The van der Waals surface area contributed by atoms with Gasteiger partial charge < -0.3 is 9.94 Å². The lowest BCUT2D eigenvalue weighted by atomic mass is 9.65. The normalized spacial score (nSPS) is 24.1. The van der Waals surface area contributed by atoms with E-state index in [4.69, 9.17) is 4.84 Å². The van der Waals surface area contributed by atoms with Gasteiger partial charge in [-0.15, -0.1) is 21.6 Å². The molecule has 5 rings (SSSR count). The molecular weight excluding hydrogens is 474 g/mol. The summed E-state index contributed by atoms with van der Waals surface area (Å²) in [5.41, 5.74) is 2.48. The second-order valence-electron chi connectivity index (χ2n) is 11.2. The summed E-state index contributed by atoms with van der Waals surface area (Å²) < 4.78 is 1.89. The third kappa shape index (κ3) is 4.95. The first-order chi connectivity index (χ1) is 17.1. The van der Waals surface area contributed by atoms with Crippen LogP contribution in [0.2, 0.25) is 0 Å². The molecule has 1 saturated heterocycles. The smallest absolute Gasteiger partial charge is 0.304 e. The first kappa shape index (κ1) is 24.6. The molecule has 2 atom stereocenters. The van der Waals surface area contributed by atoms with Crippen molar-refractivity contribution in [1.29, 1.82) is 0 Å². The van der Waals surface area contributed by atoms with Crippen molar-refractivity contribution in [1.82, 2.24) is 9.47 Å². The van der Waals surface area contributed by atoms with Crippen molar-refractivity contribution in [3.63, 3.8) is 0 Å². The van der Waals surface area contributed by atoms with E-state index in [1.54, 1.807) is 11.3 Å². The topological polar surface area (TPSA) is 91.8 Å². The van der Waals surface area contributed by atoms with Crippen molar-refractivity contribution in [2.45, 2.75) is 59.7 Å². The van der Waals surface area contributed by atoms with Crippen LogP contribution in [-0.4, -0.2) is 45.4 Å². The molecule has 190 valence electrons. The van der Waals surface area contributed by atoms with E-state index in [2.05, 4.69) is 41.1 Å². The van der Waals surface area contributed by atoms with Gasteiger partial charge in [0.1, 0.15) is 0 Å². The predicted molar refractivity (Wildman–Crippen MR) is 142 cm³/mol. The van der Waals surface area contributed by atoms with Crippen LogP contribution in [0, 0.1) is 10.8 Å². The number of fused-ring (bicyclic) bond motifs is 3. The van der Waals surface area contributed by atoms with Crippen molar-refractivity contribution in [2.75, 3.05) is 13.2 Å².